The molecule has 0 fully saturated rings. The third kappa shape index (κ3) is 21.7. The van der Waals surface area contributed by atoms with E-state index in [9.17, 15) is 0 Å². The maximum atomic E-state index is 4.53. The van der Waals surface area contributed by atoms with Crippen molar-refractivity contribution in [1.29, 1.82) is 0 Å². The lowest BCUT2D eigenvalue weighted by Crippen LogP contribution is -2.36. The van der Waals surface area contributed by atoms with Gasteiger partial charge in [0.05, 0.1) is 13.1 Å². The summed E-state index contributed by atoms with van der Waals surface area (Å²) in [6.07, 6.45) is 41.5. The van der Waals surface area contributed by atoms with E-state index in [4.69, 9.17) is 0 Å². The fourth-order valence-corrected chi connectivity index (χ4v) is 8.57. The van der Waals surface area contributed by atoms with Crippen LogP contribution in [0.4, 0.5) is 11.4 Å². The molecule has 0 saturated carbocycles. The van der Waals surface area contributed by atoms with Crippen molar-refractivity contribution in [2.45, 2.75) is 71.0 Å². The number of rotatable bonds is 31. The van der Waals surface area contributed by atoms with Crippen molar-refractivity contribution >= 4 is 57.4 Å². The van der Waals surface area contributed by atoms with Gasteiger partial charge in [-0.3, -0.25) is 4.99 Å². The molecule has 0 radical (unpaired) electrons. The minimum Gasteiger partial charge on any atom is -0.390 e. The van der Waals surface area contributed by atoms with E-state index in [1.54, 1.807) is 0 Å². The molecule has 0 unspecified atom stereocenters. The molecule has 0 aliphatic rings. The first-order chi connectivity index (χ1) is 30.4. The number of aromatic nitrogens is 3. The number of benzene rings is 2. The topological polar surface area (TPSA) is 46.8 Å². The number of nitrogens with zero attached hydrogens (tertiary/aromatic N) is 7. The molecule has 0 aliphatic carbocycles. The molecule has 332 valence electrons. The maximum absolute atomic E-state index is 4.53. The molecule has 1 N–H and O–H groups in total. The molecule has 0 saturated heterocycles. The normalized spacial score (nSPS) is 12.1. The second-order valence-electron chi connectivity index (χ2n) is 15.9. The Balaban J connectivity index is 0.919. The van der Waals surface area contributed by atoms with Gasteiger partial charge in [-0.25, -0.2) is 9.13 Å². The van der Waals surface area contributed by atoms with Crippen molar-refractivity contribution in [1.82, 2.24) is 14.8 Å². The number of imidazole rings is 1. The molecule has 4 rings (SSSR count). The van der Waals surface area contributed by atoms with E-state index >= 15 is 0 Å². The van der Waals surface area contributed by atoms with Crippen molar-refractivity contribution in [3.05, 3.63) is 151 Å². The third-order valence-corrected chi connectivity index (χ3v) is 12.7. The van der Waals surface area contributed by atoms with E-state index in [0.717, 1.165) is 57.2 Å². The molecule has 10 heteroatoms. The van der Waals surface area contributed by atoms with Crippen LogP contribution >= 0.6 is 21.6 Å². The van der Waals surface area contributed by atoms with Crippen LogP contribution in [0.25, 0.3) is 18.2 Å². The van der Waals surface area contributed by atoms with Gasteiger partial charge in [-0.15, -0.1) is 0 Å². The number of pyridine rings is 1. The fraction of sp³-hybridized carbons (Fsp3) is 0.404. The van der Waals surface area contributed by atoms with Crippen LogP contribution in [0.15, 0.2) is 139 Å². The van der Waals surface area contributed by atoms with Crippen molar-refractivity contribution in [3.8, 4) is 0 Å². The highest BCUT2D eigenvalue weighted by Gasteiger charge is 2.07. The summed E-state index contributed by atoms with van der Waals surface area (Å²) < 4.78 is 7.01. The van der Waals surface area contributed by atoms with E-state index in [1.165, 1.54) is 73.1 Å². The zero-order valence-electron chi connectivity index (χ0n) is 38.3. The molecular formula is C52H74N8S2+2. The summed E-state index contributed by atoms with van der Waals surface area (Å²) in [4.78, 5) is 11.0. The van der Waals surface area contributed by atoms with Crippen molar-refractivity contribution < 1.29 is 9.13 Å². The Morgan fingerprint density at radius 1 is 0.645 bits per heavy atom. The van der Waals surface area contributed by atoms with E-state index < -0.39 is 0 Å². The lowest BCUT2D eigenvalue weighted by molar-refractivity contribution is -0.699. The van der Waals surface area contributed by atoms with Gasteiger partial charge < -0.3 is 20.0 Å². The van der Waals surface area contributed by atoms with Crippen LogP contribution in [0.5, 0.6) is 0 Å². The fourth-order valence-electron chi connectivity index (χ4n) is 6.53. The molecule has 4 aromatic rings. The molecule has 0 bridgehead atoms. The first-order valence-corrected chi connectivity index (χ1v) is 25.0. The Labute approximate surface area is 382 Å². The van der Waals surface area contributed by atoms with Gasteiger partial charge in [-0.1, -0.05) is 89.1 Å². The predicted octanol–water partition coefficient (Wildman–Crippen LogP) is 10.5. The Hall–Kier alpha value is -4.93. The summed E-state index contributed by atoms with van der Waals surface area (Å²) in [6.45, 7) is 6.14. The average molecular weight is 875 g/mol. The molecule has 0 aliphatic heterocycles. The van der Waals surface area contributed by atoms with Crippen LogP contribution in [0.2, 0.25) is 0 Å². The van der Waals surface area contributed by atoms with Gasteiger partial charge in [0, 0.05) is 121 Å². The Kier molecular flexibility index (Phi) is 24.9. The quantitative estimate of drug-likeness (QED) is 0.0179. The molecule has 2 heterocycles. The van der Waals surface area contributed by atoms with E-state index in [0.29, 0.717) is 0 Å². The van der Waals surface area contributed by atoms with E-state index in [2.05, 4.69) is 202 Å². The molecule has 0 amide bonds. The lowest BCUT2D eigenvalue weighted by atomic mass is 10.1. The van der Waals surface area contributed by atoms with Crippen LogP contribution < -0.4 is 24.3 Å². The van der Waals surface area contributed by atoms with Crippen LogP contribution in [0, 0.1) is 0 Å². The highest BCUT2D eigenvalue weighted by Crippen LogP contribution is 2.21. The molecular weight excluding hydrogens is 801 g/mol. The summed E-state index contributed by atoms with van der Waals surface area (Å²) in [5, 5.41) is 3.48. The SMILES string of the molecule is CN(/C=C\NCCCCCC[n+]1ccccc1/C=C/c1ccc(N(C)C)cc1)CCSSCCn1cc[n+](CCCCCCN=C\C=C/C=C/C=C/c2ccc(N(C)C)cc2)c1. The van der Waals surface area contributed by atoms with Gasteiger partial charge in [0.2, 0.25) is 12.0 Å². The zero-order chi connectivity index (χ0) is 43.9. The van der Waals surface area contributed by atoms with Crippen LogP contribution in [-0.2, 0) is 19.6 Å². The van der Waals surface area contributed by atoms with Crippen molar-refractivity contribution in [3.63, 3.8) is 0 Å². The third-order valence-electron chi connectivity index (χ3n) is 10.3. The highest BCUT2D eigenvalue weighted by atomic mass is 33.1. The van der Waals surface area contributed by atoms with Gasteiger partial charge in [-0.2, -0.15) is 4.57 Å². The second-order valence-corrected chi connectivity index (χ2v) is 18.6. The zero-order valence-corrected chi connectivity index (χ0v) is 39.9. The van der Waals surface area contributed by atoms with Gasteiger partial charge in [0.15, 0.2) is 6.20 Å². The minimum atomic E-state index is 0.895. The Bertz CT molecular complexity index is 1960. The summed E-state index contributed by atoms with van der Waals surface area (Å²) in [7, 11) is 14.4. The van der Waals surface area contributed by atoms with Gasteiger partial charge >= 0.3 is 0 Å². The number of hydrogen-bond acceptors (Lipinski definition) is 7. The van der Waals surface area contributed by atoms with E-state index in [1.807, 2.05) is 52.1 Å². The standard InChI is InChI=1S/C52H74N8S2/c1-55(2)50-28-23-48(24-29-50)21-13-7-6-8-15-33-53-34-16-9-11-18-37-58-41-42-59(47-58)44-46-62-61-45-43-57(5)40-36-54-35-17-10-12-19-38-60-39-20-14-22-52(60)32-27-49-25-30-51(31-26-49)56(3)4/h6-8,13-15,20-33,36,39-42,47,54H,9-12,16-19,34-35,37-38,43-46H2,1-5H3/q+2/b7-6+,15-8-,21-13+,40-36-,53-33?. The first-order valence-electron chi connectivity index (χ1n) is 22.5. The molecule has 0 atom stereocenters. The Morgan fingerprint density at radius 2 is 1.31 bits per heavy atom. The Morgan fingerprint density at radius 3 is 2.06 bits per heavy atom. The number of nitrogens with one attached hydrogen (secondary N) is 1. The smallest absolute Gasteiger partial charge is 0.243 e. The van der Waals surface area contributed by atoms with Crippen molar-refractivity contribution in [2.24, 2.45) is 4.99 Å². The summed E-state index contributed by atoms with van der Waals surface area (Å²) >= 11 is 0. The number of unbranched alkanes of at least 4 members (excludes halogenated alkanes) is 6. The first kappa shape index (κ1) is 49.7. The second kappa shape index (κ2) is 31.0. The number of anilines is 2. The summed E-state index contributed by atoms with van der Waals surface area (Å²) in [6, 6.07) is 23.7. The van der Waals surface area contributed by atoms with Crippen LogP contribution in [0.1, 0.15) is 68.2 Å². The number of aliphatic imine (C=N–C) groups is 1. The maximum Gasteiger partial charge on any atom is 0.243 e. The van der Waals surface area contributed by atoms with Gasteiger partial charge in [0.25, 0.3) is 0 Å². The molecule has 2 aromatic heterocycles. The largest absolute Gasteiger partial charge is 0.390 e. The number of allylic oxidation sites excluding steroid dienone is 5. The van der Waals surface area contributed by atoms with Crippen LogP contribution in [-0.4, -0.2) is 82.1 Å². The molecule has 0 spiro atoms. The summed E-state index contributed by atoms with van der Waals surface area (Å²) in [5.41, 5.74) is 6.09. The predicted molar refractivity (Wildman–Crippen MR) is 274 cm³/mol. The summed E-state index contributed by atoms with van der Waals surface area (Å²) in [5.74, 6) is 2.23. The number of hydrogen-bond donors (Lipinski definition) is 1. The molecule has 62 heavy (non-hydrogen) atoms. The minimum absolute atomic E-state index is 0.895. The highest BCUT2D eigenvalue weighted by molar-refractivity contribution is 8.76. The molecule has 8 nitrogen and oxygen atoms in total. The average Bonchev–Trinajstić information content (AvgIpc) is 3.74. The lowest BCUT2D eigenvalue weighted by Gasteiger charge is -2.13. The van der Waals surface area contributed by atoms with E-state index in [-0.39, 0.29) is 0 Å². The van der Waals surface area contributed by atoms with Crippen molar-refractivity contribution in [2.75, 3.05) is 76.2 Å². The number of aryl methyl sites for hydroxylation is 3. The molecule has 2 aromatic carbocycles. The monoisotopic (exact) mass is 875 g/mol. The van der Waals surface area contributed by atoms with Gasteiger partial charge in [-0.05, 0) is 85.7 Å². The van der Waals surface area contributed by atoms with Gasteiger partial charge in [0.1, 0.15) is 18.9 Å². The van der Waals surface area contributed by atoms with Crippen LogP contribution in [0.3, 0.4) is 0 Å².